The second kappa shape index (κ2) is 5.05. The molecular formula is C10H10ClN3O3S. The molecule has 0 saturated carbocycles. The predicted octanol–water partition coefficient (Wildman–Crippen LogP) is 1.44. The molecule has 2 rings (SSSR count). The predicted molar refractivity (Wildman–Crippen MR) is 66.4 cm³/mol. The maximum atomic E-state index is 10.9. The number of nitrogens with zero attached hydrogens (tertiary/aromatic N) is 2. The van der Waals surface area contributed by atoms with E-state index in [4.69, 9.17) is 16.0 Å². The minimum Gasteiger partial charge on any atom is -0.419 e. The molecule has 0 saturated heterocycles. The van der Waals surface area contributed by atoms with Crippen LogP contribution in [0.4, 0.5) is 0 Å². The van der Waals surface area contributed by atoms with Crippen molar-refractivity contribution >= 4 is 21.6 Å². The van der Waals surface area contributed by atoms with Gasteiger partial charge in [0.15, 0.2) is 0 Å². The Balaban J connectivity index is 2.19. The third kappa shape index (κ3) is 3.28. The van der Waals surface area contributed by atoms with E-state index < -0.39 is 10.0 Å². The molecule has 18 heavy (non-hydrogen) atoms. The van der Waals surface area contributed by atoms with Gasteiger partial charge >= 0.3 is 0 Å². The van der Waals surface area contributed by atoms with Gasteiger partial charge in [-0.3, -0.25) is 0 Å². The molecule has 1 heterocycles. The largest absolute Gasteiger partial charge is 0.419 e. The molecule has 0 amide bonds. The van der Waals surface area contributed by atoms with Crippen LogP contribution in [0.15, 0.2) is 28.7 Å². The molecule has 6 nitrogen and oxygen atoms in total. The molecule has 1 aromatic heterocycles. The number of rotatable bonds is 4. The number of halogens is 1. The summed E-state index contributed by atoms with van der Waals surface area (Å²) in [6, 6.07) is 7.02. The summed E-state index contributed by atoms with van der Waals surface area (Å²) >= 11 is 5.98. The number of benzene rings is 1. The first kappa shape index (κ1) is 13.0. The van der Waals surface area contributed by atoms with Crippen LogP contribution in [-0.2, 0) is 16.6 Å². The molecule has 0 aliphatic carbocycles. The smallest absolute Gasteiger partial charge is 0.249 e. The molecule has 1 aromatic carbocycles. The summed E-state index contributed by atoms with van der Waals surface area (Å²) in [4.78, 5) is 0. The van der Waals surface area contributed by atoms with Gasteiger partial charge in [-0.2, -0.15) is 0 Å². The van der Waals surface area contributed by atoms with Gasteiger partial charge in [0.05, 0.1) is 23.4 Å². The van der Waals surface area contributed by atoms with E-state index in [-0.39, 0.29) is 18.3 Å². The molecule has 1 N–H and O–H groups in total. The summed E-state index contributed by atoms with van der Waals surface area (Å²) in [6.45, 7) is -0.0454. The zero-order valence-electron chi connectivity index (χ0n) is 9.42. The van der Waals surface area contributed by atoms with Crippen molar-refractivity contribution in [1.29, 1.82) is 0 Å². The van der Waals surface area contributed by atoms with Crippen molar-refractivity contribution < 1.29 is 12.8 Å². The summed E-state index contributed by atoms with van der Waals surface area (Å²) in [6.07, 6.45) is 1.05. The second-order valence-electron chi connectivity index (χ2n) is 3.57. The van der Waals surface area contributed by atoms with E-state index in [1.54, 1.807) is 24.3 Å². The van der Waals surface area contributed by atoms with Crippen LogP contribution in [0.5, 0.6) is 0 Å². The van der Waals surface area contributed by atoms with Crippen molar-refractivity contribution in [1.82, 2.24) is 14.9 Å². The molecule has 0 atom stereocenters. The highest BCUT2D eigenvalue weighted by atomic mass is 35.5. The molecule has 0 fully saturated rings. The monoisotopic (exact) mass is 287 g/mol. The first-order valence-corrected chi connectivity index (χ1v) is 7.24. The van der Waals surface area contributed by atoms with Crippen molar-refractivity contribution in [2.45, 2.75) is 6.54 Å². The van der Waals surface area contributed by atoms with Crippen molar-refractivity contribution in [3.8, 4) is 11.5 Å². The van der Waals surface area contributed by atoms with Crippen LogP contribution in [0.1, 0.15) is 5.89 Å². The highest BCUT2D eigenvalue weighted by Crippen LogP contribution is 2.26. The first-order chi connectivity index (χ1) is 8.46. The highest BCUT2D eigenvalue weighted by molar-refractivity contribution is 7.88. The Hall–Kier alpha value is -1.44. The van der Waals surface area contributed by atoms with Gasteiger partial charge in [-0.25, -0.2) is 13.1 Å². The minimum atomic E-state index is -3.29. The van der Waals surface area contributed by atoms with E-state index >= 15 is 0 Å². The number of hydrogen-bond acceptors (Lipinski definition) is 5. The second-order valence-corrected chi connectivity index (χ2v) is 5.81. The lowest BCUT2D eigenvalue weighted by Gasteiger charge is -1.98. The lowest BCUT2D eigenvalue weighted by atomic mass is 10.2. The summed E-state index contributed by atoms with van der Waals surface area (Å²) in [5.41, 5.74) is 0.609. The van der Waals surface area contributed by atoms with Gasteiger partial charge in [0, 0.05) is 0 Å². The van der Waals surface area contributed by atoms with Gasteiger partial charge in [-0.1, -0.05) is 23.7 Å². The fraction of sp³-hybridized carbons (Fsp3) is 0.200. The third-order valence-corrected chi connectivity index (χ3v) is 3.05. The molecule has 0 aliphatic heterocycles. The molecule has 0 unspecified atom stereocenters. The Morgan fingerprint density at radius 1 is 1.33 bits per heavy atom. The van der Waals surface area contributed by atoms with Gasteiger partial charge < -0.3 is 4.42 Å². The van der Waals surface area contributed by atoms with Gasteiger partial charge in [-0.15, -0.1) is 10.2 Å². The van der Waals surface area contributed by atoms with Crippen LogP contribution in [0.3, 0.4) is 0 Å². The third-order valence-electron chi connectivity index (χ3n) is 2.06. The van der Waals surface area contributed by atoms with E-state index in [0.29, 0.717) is 10.6 Å². The lowest BCUT2D eigenvalue weighted by Crippen LogP contribution is -2.21. The fourth-order valence-electron chi connectivity index (χ4n) is 1.26. The number of aromatic nitrogens is 2. The topological polar surface area (TPSA) is 85.1 Å². The molecule has 2 aromatic rings. The van der Waals surface area contributed by atoms with Crippen LogP contribution in [0.25, 0.3) is 11.5 Å². The Bertz CT molecular complexity index is 654. The molecule has 8 heteroatoms. The molecule has 0 aliphatic rings. The standard InChI is InChI=1S/C10H10ClN3O3S/c1-18(15,16)12-6-9-13-14-10(17-9)7-4-2-3-5-8(7)11/h2-5,12H,6H2,1H3. The zero-order chi connectivity index (χ0) is 13.2. The summed E-state index contributed by atoms with van der Waals surface area (Å²) in [5, 5.41) is 8.04. The van der Waals surface area contributed by atoms with Crippen LogP contribution in [0.2, 0.25) is 5.02 Å². The fourth-order valence-corrected chi connectivity index (χ4v) is 1.86. The summed E-state index contributed by atoms with van der Waals surface area (Å²) in [7, 11) is -3.29. The first-order valence-electron chi connectivity index (χ1n) is 4.97. The van der Waals surface area contributed by atoms with Gasteiger partial charge in [-0.05, 0) is 12.1 Å². The van der Waals surface area contributed by atoms with Crippen LogP contribution >= 0.6 is 11.6 Å². The van der Waals surface area contributed by atoms with Crippen molar-refractivity contribution in [2.75, 3.05) is 6.26 Å². The molecule has 0 spiro atoms. The SMILES string of the molecule is CS(=O)(=O)NCc1nnc(-c2ccccc2Cl)o1. The average Bonchev–Trinajstić information content (AvgIpc) is 2.75. The number of sulfonamides is 1. The van der Waals surface area contributed by atoms with Gasteiger partial charge in [0.1, 0.15) is 0 Å². The van der Waals surface area contributed by atoms with Gasteiger partial charge in [0.2, 0.25) is 21.8 Å². The summed E-state index contributed by atoms with van der Waals surface area (Å²) in [5.74, 6) is 0.432. The van der Waals surface area contributed by atoms with Crippen molar-refractivity contribution in [2.24, 2.45) is 0 Å². The molecule has 0 radical (unpaired) electrons. The number of nitrogens with one attached hydrogen (secondary N) is 1. The molecular weight excluding hydrogens is 278 g/mol. The zero-order valence-corrected chi connectivity index (χ0v) is 11.0. The normalized spacial score (nSPS) is 11.7. The van der Waals surface area contributed by atoms with Crippen LogP contribution in [-0.4, -0.2) is 24.9 Å². The van der Waals surface area contributed by atoms with E-state index in [1.165, 1.54) is 0 Å². The average molecular weight is 288 g/mol. The summed E-state index contributed by atoms with van der Waals surface area (Å²) < 4.78 is 29.4. The minimum absolute atomic E-state index is 0.0454. The lowest BCUT2D eigenvalue weighted by molar-refractivity contribution is 0.495. The Morgan fingerprint density at radius 2 is 2.06 bits per heavy atom. The van der Waals surface area contributed by atoms with E-state index in [2.05, 4.69) is 14.9 Å². The highest BCUT2D eigenvalue weighted by Gasteiger charge is 2.12. The van der Waals surface area contributed by atoms with E-state index in [1.807, 2.05) is 0 Å². The number of hydrogen-bond donors (Lipinski definition) is 1. The quantitative estimate of drug-likeness (QED) is 0.919. The molecule has 0 bridgehead atoms. The Morgan fingerprint density at radius 3 is 2.72 bits per heavy atom. The van der Waals surface area contributed by atoms with Crippen LogP contribution in [0, 0.1) is 0 Å². The van der Waals surface area contributed by atoms with Gasteiger partial charge in [0.25, 0.3) is 0 Å². The van der Waals surface area contributed by atoms with Crippen molar-refractivity contribution in [3.63, 3.8) is 0 Å². The van der Waals surface area contributed by atoms with E-state index in [9.17, 15) is 8.42 Å². The van der Waals surface area contributed by atoms with Crippen molar-refractivity contribution in [3.05, 3.63) is 35.2 Å². The Labute approximate surface area is 109 Å². The Kier molecular flexibility index (Phi) is 3.65. The molecule has 96 valence electrons. The van der Waals surface area contributed by atoms with E-state index in [0.717, 1.165) is 6.26 Å². The maximum absolute atomic E-state index is 10.9. The maximum Gasteiger partial charge on any atom is 0.249 e. The van der Waals surface area contributed by atoms with Crippen LogP contribution < -0.4 is 4.72 Å².